The Morgan fingerprint density at radius 2 is 2.00 bits per heavy atom. The second kappa shape index (κ2) is 9.61. The molecule has 0 aromatic rings. The van der Waals surface area contributed by atoms with Crippen LogP contribution < -0.4 is 0 Å². The van der Waals surface area contributed by atoms with Crippen molar-refractivity contribution in [1.29, 1.82) is 0 Å². The number of esters is 1. The molecule has 2 rings (SSSR count). The summed E-state index contributed by atoms with van der Waals surface area (Å²) in [5, 5.41) is 11.6. The fraction of sp³-hybridized carbons (Fsp3) is 0.783. The van der Waals surface area contributed by atoms with Gasteiger partial charge in [-0.1, -0.05) is 19.9 Å². The van der Waals surface area contributed by atoms with Crippen molar-refractivity contribution in [2.45, 2.75) is 72.1 Å². The highest BCUT2D eigenvalue weighted by atomic mass is 16.5. The van der Waals surface area contributed by atoms with Crippen molar-refractivity contribution >= 4 is 11.9 Å². The smallest absolute Gasteiger partial charge is 0.303 e. The van der Waals surface area contributed by atoms with Gasteiger partial charge in [0.05, 0.1) is 12.0 Å². The predicted molar refractivity (Wildman–Crippen MR) is 111 cm³/mol. The van der Waals surface area contributed by atoms with Crippen LogP contribution >= 0.6 is 0 Å². The van der Waals surface area contributed by atoms with Crippen LogP contribution in [0.5, 0.6) is 0 Å². The van der Waals surface area contributed by atoms with E-state index in [0.29, 0.717) is 6.54 Å². The van der Waals surface area contributed by atoms with Gasteiger partial charge in [0, 0.05) is 32.5 Å². The van der Waals surface area contributed by atoms with E-state index in [1.165, 1.54) is 14.0 Å². The van der Waals surface area contributed by atoms with Crippen molar-refractivity contribution in [3.05, 3.63) is 18.1 Å². The molecule has 0 aromatic carbocycles. The number of methoxy groups -OCH3 is 1. The molecule has 1 fully saturated rings. The van der Waals surface area contributed by atoms with Crippen LogP contribution in [0, 0.1) is 30.1 Å². The fourth-order valence-electron chi connectivity index (χ4n) is 4.86. The van der Waals surface area contributed by atoms with Gasteiger partial charge in [-0.05, 0) is 56.9 Å². The molecule has 6 nitrogen and oxygen atoms in total. The second-order valence-electron chi connectivity index (χ2n) is 9.09. The monoisotopic (exact) mass is 407 g/mol. The summed E-state index contributed by atoms with van der Waals surface area (Å²) >= 11 is 0. The van der Waals surface area contributed by atoms with Gasteiger partial charge in [0.2, 0.25) is 5.91 Å². The average molecular weight is 408 g/mol. The quantitative estimate of drug-likeness (QED) is 0.519. The summed E-state index contributed by atoms with van der Waals surface area (Å²) in [6.45, 7) is 12.2. The highest BCUT2D eigenvalue weighted by molar-refractivity contribution is 5.77. The molecule has 1 N–H and O–H groups in total. The third-order valence-corrected chi connectivity index (χ3v) is 6.58. The molecule has 1 saturated carbocycles. The van der Waals surface area contributed by atoms with Crippen molar-refractivity contribution in [3.63, 3.8) is 0 Å². The van der Waals surface area contributed by atoms with E-state index in [1.807, 2.05) is 32.6 Å². The molecule has 0 aliphatic heterocycles. The molecule has 2 aliphatic rings. The number of hydrogen-bond donors (Lipinski definition) is 1. The van der Waals surface area contributed by atoms with Gasteiger partial charge in [-0.2, -0.15) is 0 Å². The van der Waals surface area contributed by atoms with E-state index < -0.39 is 11.7 Å². The van der Waals surface area contributed by atoms with Crippen LogP contribution in [0.2, 0.25) is 0 Å². The zero-order chi connectivity index (χ0) is 21.9. The van der Waals surface area contributed by atoms with Crippen molar-refractivity contribution < 1.29 is 24.2 Å². The van der Waals surface area contributed by atoms with Gasteiger partial charge in [0.15, 0.2) is 0 Å². The Labute approximate surface area is 175 Å². The number of aliphatic hydroxyl groups is 1. The normalized spacial score (nSPS) is 32.9. The number of rotatable bonds is 7. The first-order chi connectivity index (χ1) is 13.5. The minimum Gasteiger partial charge on any atom is -0.457 e. The third-order valence-electron chi connectivity index (χ3n) is 6.58. The maximum absolute atomic E-state index is 12.5. The lowest BCUT2D eigenvalue weighted by molar-refractivity contribution is -0.148. The molecule has 0 heterocycles. The highest BCUT2D eigenvalue weighted by Crippen LogP contribution is 2.50. The van der Waals surface area contributed by atoms with Gasteiger partial charge in [0.1, 0.15) is 12.7 Å². The summed E-state index contributed by atoms with van der Waals surface area (Å²) in [6.07, 6.45) is 6.51. The molecular weight excluding hydrogens is 370 g/mol. The van der Waals surface area contributed by atoms with Gasteiger partial charge in [-0.15, -0.1) is 0 Å². The second-order valence-corrected chi connectivity index (χ2v) is 9.09. The molecule has 6 atom stereocenters. The van der Waals surface area contributed by atoms with Crippen LogP contribution in [0.25, 0.3) is 0 Å². The van der Waals surface area contributed by atoms with Crippen LogP contribution in [0.4, 0.5) is 0 Å². The Morgan fingerprint density at radius 3 is 2.55 bits per heavy atom. The summed E-state index contributed by atoms with van der Waals surface area (Å²) < 4.78 is 10.4. The Balaban J connectivity index is 2.25. The van der Waals surface area contributed by atoms with E-state index in [9.17, 15) is 14.7 Å². The lowest BCUT2D eigenvalue weighted by Gasteiger charge is -2.52. The minimum atomic E-state index is -1.14. The average Bonchev–Trinajstić information content (AvgIpc) is 2.61. The number of fused-ring (bicyclic) bond motifs is 1. The number of carbonyl (C=O) groups is 2. The van der Waals surface area contributed by atoms with E-state index in [0.717, 1.165) is 18.4 Å². The summed E-state index contributed by atoms with van der Waals surface area (Å²) in [5.74, 6) is -0.0896. The van der Waals surface area contributed by atoms with E-state index >= 15 is 0 Å². The molecule has 0 aromatic heterocycles. The van der Waals surface area contributed by atoms with Crippen LogP contribution in [0.3, 0.4) is 0 Å². The molecule has 2 radical (unpaired) electrons. The summed E-state index contributed by atoms with van der Waals surface area (Å²) in [5.41, 5.74) is -0.243. The van der Waals surface area contributed by atoms with Gasteiger partial charge < -0.3 is 19.5 Å². The van der Waals surface area contributed by atoms with Crippen molar-refractivity contribution in [1.82, 2.24) is 4.90 Å². The zero-order valence-corrected chi connectivity index (χ0v) is 18.9. The van der Waals surface area contributed by atoms with Crippen LogP contribution in [-0.4, -0.2) is 59.9 Å². The molecule has 6 heteroatoms. The topological polar surface area (TPSA) is 76.1 Å². The van der Waals surface area contributed by atoms with E-state index in [4.69, 9.17) is 9.47 Å². The highest BCUT2D eigenvalue weighted by Gasteiger charge is 2.53. The Kier molecular flexibility index (Phi) is 7.91. The maximum atomic E-state index is 12.5. The van der Waals surface area contributed by atoms with E-state index in [1.54, 1.807) is 0 Å². The first-order valence-corrected chi connectivity index (χ1v) is 10.6. The molecule has 2 aliphatic carbocycles. The Morgan fingerprint density at radius 1 is 1.34 bits per heavy atom. The van der Waals surface area contributed by atoms with E-state index in [2.05, 4.69) is 19.4 Å². The molecule has 164 valence electrons. The molecule has 0 saturated heterocycles. The molecule has 1 amide bonds. The zero-order valence-electron chi connectivity index (χ0n) is 18.9. The summed E-state index contributed by atoms with van der Waals surface area (Å²) in [7, 11) is 1.53. The largest absolute Gasteiger partial charge is 0.457 e. The number of ether oxygens (including phenoxy) is 2. The van der Waals surface area contributed by atoms with Gasteiger partial charge in [0.25, 0.3) is 0 Å². The Bertz CT molecular complexity index is 631. The van der Waals surface area contributed by atoms with Crippen LogP contribution in [0.1, 0.15) is 54.4 Å². The number of nitrogens with zero attached hydrogens (tertiary/aromatic N) is 1. The molecule has 0 spiro atoms. The first-order valence-electron chi connectivity index (χ1n) is 10.6. The first kappa shape index (κ1) is 23.9. The lowest BCUT2D eigenvalue weighted by atomic mass is 9.57. The van der Waals surface area contributed by atoms with E-state index in [-0.39, 0.29) is 48.2 Å². The predicted octanol–water partition coefficient (Wildman–Crippen LogP) is 2.87. The molecule has 0 bridgehead atoms. The standard InChI is InChI=1S/C23H37NO5/c1-14(2)24(22(26)13-28-7)12-16(4)19-9-8-17(5)23(27)11-21(29-18(6)25)15(3)10-20(19)23/h10,14,16-17,19-21,27H,8-9,12-13H2,1-7H3/t16-,17-,19+,20-,21-,23-/m1/s1. The minimum absolute atomic E-state index is 0.0165. The number of amides is 1. The summed E-state index contributed by atoms with van der Waals surface area (Å²) in [4.78, 5) is 25.8. The summed E-state index contributed by atoms with van der Waals surface area (Å²) in [6, 6.07) is 0.0802. The Hall–Kier alpha value is -1.40. The number of hydrogen-bond acceptors (Lipinski definition) is 5. The van der Waals surface area contributed by atoms with Gasteiger partial charge in [-0.3, -0.25) is 9.59 Å². The number of carbonyl (C=O) groups excluding carboxylic acids is 2. The van der Waals surface area contributed by atoms with Crippen molar-refractivity contribution in [3.8, 4) is 0 Å². The maximum Gasteiger partial charge on any atom is 0.303 e. The van der Waals surface area contributed by atoms with Gasteiger partial charge >= 0.3 is 5.97 Å². The lowest BCUT2D eigenvalue weighted by Crippen LogP contribution is -2.57. The van der Waals surface area contributed by atoms with Crippen LogP contribution in [-0.2, 0) is 19.1 Å². The van der Waals surface area contributed by atoms with Gasteiger partial charge in [-0.25, -0.2) is 0 Å². The molecular formula is C23H37NO5. The fourth-order valence-corrected chi connectivity index (χ4v) is 4.86. The van der Waals surface area contributed by atoms with Crippen molar-refractivity contribution in [2.75, 3.05) is 20.3 Å². The van der Waals surface area contributed by atoms with Crippen molar-refractivity contribution in [2.24, 2.45) is 23.7 Å². The molecule has 0 unspecified atom stereocenters. The third kappa shape index (κ3) is 5.21. The SMILES string of the molecule is COCC(=O)N(C[C@@H](C)[C@@H]1CC[C@@H](C)[C@]2(O)[C][C@@H](OC(C)=O)C(C)=C[C@H]12)C(C)C. The van der Waals surface area contributed by atoms with Crippen LogP contribution in [0.15, 0.2) is 11.6 Å². The molecule has 29 heavy (non-hydrogen) atoms.